The van der Waals surface area contributed by atoms with Crippen LogP contribution in [0.4, 0.5) is 5.69 Å². The maximum Gasteiger partial charge on any atom is 0.170 e. The second-order valence-electron chi connectivity index (χ2n) is 5.26. The summed E-state index contributed by atoms with van der Waals surface area (Å²) in [6.07, 6.45) is 2.00. The molecule has 4 nitrogen and oxygen atoms in total. The minimum atomic E-state index is 0.608. The number of ether oxygens (including phenoxy) is 2. The Morgan fingerprint density at radius 2 is 1.83 bits per heavy atom. The van der Waals surface area contributed by atoms with Gasteiger partial charge in [-0.05, 0) is 61.8 Å². The molecule has 0 amide bonds. The van der Waals surface area contributed by atoms with Crippen LogP contribution in [0.3, 0.4) is 0 Å². The summed E-state index contributed by atoms with van der Waals surface area (Å²) in [6.45, 7) is 3.40. The van der Waals surface area contributed by atoms with Crippen molar-refractivity contribution in [2.45, 2.75) is 19.8 Å². The monoisotopic (exact) mass is 344 g/mol. The van der Waals surface area contributed by atoms with Gasteiger partial charge in [0.15, 0.2) is 5.11 Å². The quantitative estimate of drug-likeness (QED) is 0.559. The van der Waals surface area contributed by atoms with E-state index in [1.807, 2.05) is 43.3 Å². The summed E-state index contributed by atoms with van der Waals surface area (Å²) in [5, 5.41) is 7.03. The van der Waals surface area contributed by atoms with Crippen molar-refractivity contribution < 1.29 is 9.47 Å². The lowest BCUT2D eigenvalue weighted by atomic mass is 10.1. The van der Waals surface area contributed by atoms with Crippen LogP contribution < -0.4 is 20.1 Å². The first kappa shape index (κ1) is 18.1. The van der Waals surface area contributed by atoms with E-state index in [9.17, 15) is 0 Å². The van der Waals surface area contributed by atoms with Gasteiger partial charge in [0, 0.05) is 6.54 Å². The first-order chi connectivity index (χ1) is 11.7. The van der Waals surface area contributed by atoms with Gasteiger partial charge in [-0.15, -0.1) is 0 Å². The summed E-state index contributed by atoms with van der Waals surface area (Å²) in [6, 6.07) is 15.9. The maximum atomic E-state index is 5.58. The average molecular weight is 344 g/mol. The molecule has 0 aromatic heterocycles. The van der Waals surface area contributed by atoms with E-state index >= 15 is 0 Å². The number of aryl methyl sites for hydroxylation is 1. The number of hydrogen-bond donors (Lipinski definition) is 2. The average Bonchev–Trinajstić information content (AvgIpc) is 2.61. The second-order valence-corrected chi connectivity index (χ2v) is 5.67. The molecule has 2 rings (SSSR count). The SMILES string of the molecule is CCOc1ccccc1NC(=S)NCCCc1ccc(OC)cc1. The number of benzene rings is 2. The molecule has 0 aliphatic rings. The number of thiocarbonyl (C=S) groups is 1. The lowest BCUT2D eigenvalue weighted by Crippen LogP contribution is -2.29. The highest BCUT2D eigenvalue weighted by Crippen LogP contribution is 2.23. The van der Waals surface area contributed by atoms with E-state index in [1.165, 1.54) is 5.56 Å². The van der Waals surface area contributed by atoms with Crippen LogP contribution in [0.2, 0.25) is 0 Å². The highest BCUT2D eigenvalue weighted by Gasteiger charge is 2.04. The fraction of sp³-hybridized carbons (Fsp3) is 0.316. The molecule has 0 bridgehead atoms. The summed E-state index contributed by atoms with van der Waals surface area (Å²) in [5.74, 6) is 1.69. The van der Waals surface area contributed by atoms with E-state index in [1.54, 1.807) is 7.11 Å². The molecular weight excluding hydrogens is 320 g/mol. The zero-order chi connectivity index (χ0) is 17.2. The lowest BCUT2D eigenvalue weighted by Gasteiger charge is -2.14. The number of nitrogens with one attached hydrogen (secondary N) is 2. The summed E-state index contributed by atoms with van der Waals surface area (Å²) in [4.78, 5) is 0. The van der Waals surface area contributed by atoms with Gasteiger partial charge in [-0.1, -0.05) is 24.3 Å². The number of methoxy groups -OCH3 is 1. The predicted octanol–water partition coefficient (Wildman–Crippen LogP) is 4.01. The minimum Gasteiger partial charge on any atom is -0.497 e. The predicted molar refractivity (Wildman–Crippen MR) is 103 cm³/mol. The van der Waals surface area contributed by atoms with Crippen molar-refractivity contribution in [3.8, 4) is 11.5 Å². The van der Waals surface area contributed by atoms with Gasteiger partial charge in [-0.3, -0.25) is 0 Å². The van der Waals surface area contributed by atoms with Crippen molar-refractivity contribution in [2.24, 2.45) is 0 Å². The van der Waals surface area contributed by atoms with Crippen LogP contribution in [-0.2, 0) is 6.42 Å². The van der Waals surface area contributed by atoms with Gasteiger partial charge in [0.25, 0.3) is 0 Å². The largest absolute Gasteiger partial charge is 0.497 e. The summed E-state index contributed by atoms with van der Waals surface area (Å²) in [5.41, 5.74) is 2.17. The van der Waals surface area contributed by atoms with Crippen LogP contribution in [0.25, 0.3) is 0 Å². The molecule has 0 fully saturated rings. The van der Waals surface area contributed by atoms with Crippen LogP contribution in [-0.4, -0.2) is 25.4 Å². The minimum absolute atomic E-state index is 0.608. The molecule has 0 saturated heterocycles. The third-order valence-corrected chi connectivity index (χ3v) is 3.77. The standard InChI is InChI=1S/C19H24N2O2S/c1-3-23-18-9-5-4-8-17(18)21-19(24)20-14-6-7-15-10-12-16(22-2)13-11-15/h4-5,8-13H,3,6-7,14H2,1-2H3,(H2,20,21,24). The highest BCUT2D eigenvalue weighted by molar-refractivity contribution is 7.80. The summed E-state index contributed by atoms with van der Waals surface area (Å²) in [7, 11) is 1.68. The molecule has 2 aromatic rings. The Morgan fingerprint density at radius 1 is 1.08 bits per heavy atom. The Labute approximate surface area is 149 Å². The van der Waals surface area contributed by atoms with Crippen LogP contribution in [0.15, 0.2) is 48.5 Å². The fourth-order valence-electron chi connectivity index (χ4n) is 2.30. The molecule has 5 heteroatoms. The first-order valence-electron chi connectivity index (χ1n) is 8.12. The number of rotatable bonds is 8. The normalized spacial score (nSPS) is 10.1. The number of anilines is 1. The lowest BCUT2D eigenvalue weighted by molar-refractivity contribution is 0.342. The number of hydrogen-bond acceptors (Lipinski definition) is 3. The molecule has 0 aliphatic heterocycles. The Kier molecular flexibility index (Phi) is 7.36. The van der Waals surface area contributed by atoms with Crippen molar-refractivity contribution in [1.82, 2.24) is 5.32 Å². The fourth-order valence-corrected chi connectivity index (χ4v) is 2.52. The van der Waals surface area contributed by atoms with Crippen molar-refractivity contribution in [3.63, 3.8) is 0 Å². The zero-order valence-corrected chi connectivity index (χ0v) is 15.0. The molecule has 0 spiro atoms. The van der Waals surface area contributed by atoms with E-state index in [0.29, 0.717) is 11.7 Å². The van der Waals surface area contributed by atoms with Gasteiger partial charge < -0.3 is 20.1 Å². The molecule has 0 heterocycles. The second kappa shape index (κ2) is 9.78. The van der Waals surface area contributed by atoms with Crippen LogP contribution >= 0.6 is 12.2 Å². The van der Waals surface area contributed by atoms with Gasteiger partial charge >= 0.3 is 0 Å². The molecule has 2 N–H and O–H groups in total. The van der Waals surface area contributed by atoms with E-state index in [0.717, 1.165) is 36.6 Å². The molecule has 0 aliphatic carbocycles. The Morgan fingerprint density at radius 3 is 2.54 bits per heavy atom. The Balaban J connectivity index is 1.73. The third-order valence-electron chi connectivity index (χ3n) is 3.52. The first-order valence-corrected chi connectivity index (χ1v) is 8.53. The molecule has 0 saturated carbocycles. The van der Waals surface area contributed by atoms with Crippen molar-refractivity contribution >= 4 is 23.0 Å². The topological polar surface area (TPSA) is 42.5 Å². The van der Waals surface area contributed by atoms with Crippen LogP contribution in [0.1, 0.15) is 18.9 Å². The molecule has 0 unspecified atom stereocenters. The van der Waals surface area contributed by atoms with Gasteiger partial charge in [-0.25, -0.2) is 0 Å². The molecular formula is C19H24N2O2S. The van der Waals surface area contributed by atoms with Crippen LogP contribution in [0, 0.1) is 0 Å². The smallest absolute Gasteiger partial charge is 0.170 e. The van der Waals surface area contributed by atoms with E-state index in [-0.39, 0.29) is 0 Å². The molecule has 128 valence electrons. The Hall–Kier alpha value is -2.27. The third kappa shape index (κ3) is 5.74. The van der Waals surface area contributed by atoms with Crippen LogP contribution in [0.5, 0.6) is 11.5 Å². The summed E-state index contributed by atoms with van der Waals surface area (Å²) >= 11 is 5.35. The molecule has 0 atom stereocenters. The van der Waals surface area contributed by atoms with Crippen molar-refractivity contribution in [1.29, 1.82) is 0 Å². The molecule has 0 radical (unpaired) electrons. The number of para-hydroxylation sites is 2. The summed E-state index contributed by atoms with van der Waals surface area (Å²) < 4.78 is 10.7. The zero-order valence-electron chi connectivity index (χ0n) is 14.2. The maximum absolute atomic E-state index is 5.58. The highest BCUT2D eigenvalue weighted by atomic mass is 32.1. The van der Waals surface area contributed by atoms with Gasteiger partial charge in [-0.2, -0.15) is 0 Å². The van der Waals surface area contributed by atoms with Crippen molar-refractivity contribution in [3.05, 3.63) is 54.1 Å². The van der Waals surface area contributed by atoms with Gasteiger partial charge in [0.05, 0.1) is 19.4 Å². The Bertz CT molecular complexity index is 644. The van der Waals surface area contributed by atoms with E-state index < -0.39 is 0 Å². The van der Waals surface area contributed by atoms with Gasteiger partial charge in [0.1, 0.15) is 11.5 Å². The van der Waals surface area contributed by atoms with Crippen molar-refractivity contribution in [2.75, 3.05) is 25.6 Å². The van der Waals surface area contributed by atoms with Gasteiger partial charge in [0.2, 0.25) is 0 Å². The van der Waals surface area contributed by atoms with E-state index in [2.05, 4.69) is 22.8 Å². The van der Waals surface area contributed by atoms with E-state index in [4.69, 9.17) is 21.7 Å². The molecule has 2 aromatic carbocycles. The molecule has 24 heavy (non-hydrogen) atoms.